The van der Waals surface area contributed by atoms with Crippen LogP contribution in [0.25, 0.3) is 0 Å². The number of hydrogen-bond donors (Lipinski definition) is 0. The molecular formula is C37H43F3N4O4. The Kier molecular flexibility index (Phi) is 8.12. The van der Waals surface area contributed by atoms with Crippen LogP contribution in [-0.2, 0) is 24.0 Å². The summed E-state index contributed by atoms with van der Waals surface area (Å²) in [6, 6.07) is 10.5. The Labute approximate surface area is 279 Å². The number of hydrogen-bond acceptors (Lipinski definition) is 6. The number of alkyl halides is 3. The third-order valence-corrected chi connectivity index (χ3v) is 10.7. The smallest absolute Gasteiger partial charge is 0.416 e. The van der Waals surface area contributed by atoms with Crippen molar-refractivity contribution in [2.75, 3.05) is 31.1 Å². The normalized spacial score (nSPS) is 22.4. The zero-order chi connectivity index (χ0) is 34.0. The van der Waals surface area contributed by atoms with Crippen LogP contribution in [0.5, 0.6) is 0 Å². The molecule has 7 rings (SSSR count). The van der Waals surface area contributed by atoms with Gasteiger partial charge in [-0.15, -0.1) is 0 Å². The largest absolute Gasteiger partial charge is 0.444 e. The summed E-state index contributed by atoms with van der Waals surface area (Å²) in [5.74, 6) is -0.0343. The van der Waals surface area contributed by atoms with E-state index in [9.17, 15) is 22.8 Å². The first-order valence-corrected chi connectivity index (χ1v) is 17.0. The zero-order valence-electron chi connectivity index (χ0n) is 28.0. The number of nitrogens with zero attached hydrogens (tertiary/aromatic N) is 4. The SMILES string of the molecule is Cc1conc1[C@@H](c1cccc(N2Cc3c(cc(CN4CC[C@]5(CCN(C(=O)OC(C)(C)C)C5)C4)cc3C(F)(F)F)C2=O)c1)C1CCC1. The molecule has 3 aromatic rings. The van der Waals surface area contributed by atoms with Crippen molar-refractivity contribution in [2.24, 2.45) is 11.3 Å². The number of aromatic nitrogens is 1. The van der Waals surface area contributed by atoms with E-state index in [4.69, 9.17) is 9.26 Å². The molecule has 2 amide bonds. The van der Waals surface area contributed by atoms with Crippen molar-refractivity contribution in [1.82, 2.24) is 15.0 Å². The molecule has 1 saturated carbocycles. The van der Waals surface area contributed by atoms with Gasteiger partial charge in [0.15, 0.2) is 0 Å². The fraction of sp³-hybridized carbons (Fsp3) is 0.541. The Hall–Kier alpha value is -3.86. The van der Waals surface area contributed by atoms with Crippen LogP contribution >= 0.6 is 0 Å². The van der Waals surface area contributed by atoms with Gasteiger partial charge in [0.1, 0.15) is 11.9 Å². The van der Waals surface area contributed by atoms with Crippen molar-refractivity contribution in [3.05, 3.63) is 81.7 Å². The number of benzene rings is 2. The molecule has 8 nitrogen and oxygen atoms in total. The molecule has 2 saturated heterocycles. The van der Waals surface area contributed by atoms with E-state index in [-0.39, 0.29) is 35.1 Å². The lowest BCUT2D eigenvalue weighted by Crippen LogP contribution is -2.37. The van der Waals surface area contributed by atoms with E-state index in [0.717, 1.165) is 48.9 Å². The predicted octanol–water partition coefficient (Wildman–Crippen LogP) is 7.93. The van der Waals surface area contributed by atoms with E-state index in [0.29, 0.717) is 49.9 Å². The molecule has 2 atom stereocenters. The Bertz CT molecular complexity index is 1730. The van der Waals surface area contributed by atoms with E-state index in [1.54, 1.807) is 23.3 Å². The number of anilines is 1. The van der Waals surface area contributed by atoms with Gasteiger partial charge in [-0.3, -0.25) is 9.69 Å². The van der Waals surface area contributed by atoms with E-state index in [2.05, 4.69) is 10.1 Å². The molecule has 0 N–H and O–H groups in total. The Morgan fingerprint density at radius 1 is 1.10 bits per heavy atom. The second-order valence-corrected chi connectivity index (χ2v) is 15.3. The molecule has 4 heterocycles. The number of carbonyl (C=O) groups excluding carboxylic acids is 2. The molecule has 11 heteroatoms. The third kappa shape index (κ3) is 6.21. The van der Waals surface area contributed by atoms with Crippen LogP contribution < -0.4 is 4.90 Å². The fourth-order valence-electron chi connectivity index (χ4n) is 8.10. The Morgan fingerprint density at radius 2 is 1.88 bits per heavy atom. The lowest BCUT2D eigenvalue weighted by Gasteiger charge is -2.33. The number of rotatable bonds is 6. The minimum atomic E-state index is -4.61. The molecular weight excluding hydrogens is 621 g/mol. The minimum Gasteiger partial charge on any atom is -0.444 e. The highest BCUT2D eigenvalue weighted by atomic mass is 19.4. The van der Waals surface area contributed by atoms with Gasteiger partial charge in [0.05, 0.1) is 17.8 Å². The van der Waals surface area contributed by atoms with Gasteiger partial charge >= 0.3 is 12.3 Å². The number of aryl methyl sites for hydroxylation is 1. The number of ether oxygens (including phenoxy) is 1. The summed E-state index contributed by atoms with van der Waals surface area (Å²) in [6.07, 6.45) is 1.64. The molecule has 4 aliphatic rings. The Balaban J connectivity index is 1.11. The average Bonchev–Trinajstić information content (AvgIpc) is 3.77. The highest BCUT2D eigenvalue weighted by Gasteiger charge is 2.46. The zero-order valence-corrected chi connectivity index (χ0v) is 28.0. The maximum absolute atomic E-state index is 14.6. The van der Waals surface area contributed by atoms with Crippen molar-refractivity contribution in [3.63, 3.8) is 0 Å². The molecule has 48 heavy (non-hydrogen) atoms. The molecule has 1 spiro atoms. The summed E-state index contributed by atoms with van der Waals surface area (Å²) in [4.78, 5) is 31.9. The first kappa shape index (κ1) is 32.7. The highest BCUT2D eigenvalue weighted by Crippen LogP contribution is 2.46. The van der Waals surface area contributed by atoms with Gasteiger partial charge in [-0.2, -0.15) is 13.2 Å². The van der Waals surface area contributed by atoms with Crippen LogP contribution in [-0.4, -0.2) is 58.7 Å². The summed E-state index contributed by atoms with van der Waals surface area (Å²) in [5, 5.41) is 4.30. The maximum Gasteiger partial charge on any atom is 0.416 e. The van der Waals surface area contributed by atoms with Gasteiger partial charge in [-0.05, 0) is 107 Å². The van der Waals surface area contributed by atoms with Crippen molar-refractivity contribution < 1.29 is 32.0 Å². The number of halogens is 3. The first-order valence-electron chi connectivity index (χ1n) is 17.0. The van der Waals surface area contributed by atoms with Crippen molar-refractivity contribution >= 4 is 17.7 Å². The van der Waals surface area contributed by atoms with Crippen molar-refractivity contribution in [1.29, 1.82) is 0 Å². The molecule has 2 aromatic carbocycles. The molecule has 0 unspecified atom stereocenters. The average molecular weight is 665 g/mol. The van der Waals surface area contributed by atoms with Gasteiger partial charge in [0.2, 0.25) is 0 Å². The van der Waals surface area contributed by atoms with Gasteiger partial charge < -0.3 is 19.1 Å². The fourth-order valence-corrected chi connectivity index (χ4v) is 8.10. The highest BCUT2D eigenvalue weighted by molar-refractivity contribution is 6.10. The van der Waals surface area contributed by atoms with E-state index >= 15 is 0 Å². The lowest BCUT2D eigenvalue weighted by atomic mass is 9.71. The topological polar surface area (TPSA) is 79.1 Å². The number of carbonyl (C=O) groups is 2. The summed E-state index contributed by atoms with van der Waals surface area (Å²) >= 11 is 0. The van der Waals surface area contributed by atoms with Crippen LogP contribution in [0.1, 0.15) is 103 Å². The first-order chi connectivity index (χ1) is 22.7. The van der Waals surface area contributed by atoms with E-state index in [1.807, 2.05) is 45.9 Å². The van der Waals surface area contributed by atoms with Crippen LogP contribution in [0.15, 0.2) is 47.2 Å². The predicted molar refractivity (Wildman–Crippen MR) is 174 cm³/mol. The summed E-state index contributed by atoms with van der Waals surface area (Å²) in [7, 11) is 0. The van der Waals surface area contributed by atoms with E-state index < -0.39 is 23.2 Å². The van der Waals surface area contributed by atoms with Gasteiger partial charge in [-0.25, -0.2) is 4.79 Å². The van der Waals surface area contributed by atoms with Crippen molar-refractivity contribution in [3.8, 4) is 0 Å². The molecule has 0 radical (unpaired) electrons. The number of likely N-dealkylation sites (tertiary alicyclic amines) is 2. The molecule has 1 aliphatic carbocycles. The summed E-state index contributed by atoms with van der Waals surface area (Å²) in [5.41, 5.74) is 2.54. The molecule has 3 fully saturated rings. The quantitative estimate of drug-likeness (QED) is 0.266. The van der Waals surface area contributed by atoms with Crippen LogP contribution in [0.4, 0.5) is 23.7 Å². The second-order valence-electron chi connectivity index (χ2n) is 15.3. The second kappa shape index (κ2) is 11.9. The molecule has 0 bridgehead atoms. The monoisotopic (exact) mass is 664 g/mol. The Morgan fingerprint density at radius 3 is 2.54 bits per heavy atom. The molecule has 256 valence electrons. The van der Waals surface area contributed by atoms with Crippen molar-refractivity contribution in [2.45, 2.75) is 90.6 Å². The van der Waals surface area contributed by atoms with Crippen LogP contribution in [0, 0.1) is 18.3 Å². The summed E-state index contributed by atoms with van der Waals surface area (Å²) in [6.45, 7) is 10.2. The van der Waals surface area contributed by atoms with E-state index in [1.165, 1.54) is 11.0 Å². The van der Waals surface area contributed by atoms with Gasteiger partial charge in [0, 0.05) is 54.3 Å². The minimum absolute atomic E-state index is 0.00490. The lowest BCUT2D eigenvalue weighted by molar-refractivity contribution is -0.138. The summed E-state index contributed by atoms with van der Waals surface area (Å²) < 4.78 is 54.5. The van der Waals surface area contributed by atoms with Crippen LogP contribution in [0.2, 0.25) is 0 Å². The molecule has 1 aromatic heterocycles. The standard InChI is InChI=1S/C37H43F3N4O4/c1-23-20-47-41-32(23)31(25-7-5-8-25)26-9-6-10-27(17-26)44-19-29-28(33(44)45)15-24(16-30(29)37(38,39)40)18-42-13-11-36(21-42)12-14-43(22-36)34(46)48-35(2,3)4/h6,9-10,15-17,20,25,31H,5,7-8,11-14,18-19,21-22H2,1-4H3/t31-,36+/m1/s1. The number of fused-ring (bicyclic) bond motifs is 1. The molecule has 3 aliphatic heterocycles. The van der Waals surface area contributed by atoms with Gasteiger partial charge in [-0.1, -0.05) is 23.7 Å². The third-order valence-electron chi connectivity index (χ3n) is 10.7. The van der Waals surface area contributed by atoms with Gasteiger partial charge in [0.25, 0.3) is 5.91 Å². The number of amides is 2. The maximum atomic E-state index is 14.6. The van der Waals surface area contributed by atoms with Crippen LogP contribution in [0.3, 0.4) is 0 Å².